The molecule has 2 heterocycles. The lowest BCUT2D eigenvalue weighted by Gasteiger charge is -2.38. The van der Waals surface area contributed by atoms with Crippen molar-refractivity contribution >= 4 is 11.6 Å². The van der Waals surface area contributed by atoms with E-state index in [-0.39, 0.29) is 29.8 Å². The van der Waals surface area contributed by atoms with E-state index in [9.17, 15) is 13.6 Å². The van der Waals surface area contributed by atoms with Gasteiger partial charge in [-0.25, -0.2) is 8.78 Å². The molecule has 1 saturated heterocycles. The van der Waals surface area contributed by atoms with Crippen LogP contribution in [0.15, 0.2) is 59.2 Å². The Morgan fingerprint density at radius 3 is 2.33 bits per heavy atom. The molecule has 0 radical (unpaired) electrons. The fourth-order valence-electron chi connectivity index (χ4n) is 4.23. The minimum atomic E-state index is -0.544. The second kappa shape index (κ2) is 10.0. The summed E-state index contributed by atoms with van der Waals surface area (Å²) in [6.45, 7) is 1.37. The van der Waals surface area contributed by atoms with Crippen LogP contribution in [-0.4, -0.2) is 44.2 Å². The quantitative estimate of drug-likeness (QED) is 0.507. The Morgan fingerprint density at radius 1 is 1.03 bits per heavy atom. The maximum absolute atomic E-state index is 14.1. The zero-order valence-corrected chi connectivity index (χ0v) is 18.6. The zero-order valence-electron chi connectivity index (χ0n) is 18.6. The second-order valence-electron chi connectivity index (χ2n) is 7.90. The van der Waals surface area contributed by atoms with Gasteiger partial charge in [0.15, 0.2) is 17.3 Å². The molecule has 2 aromatic carbocycles. The Balaban J connectivity index is 1.55. The van der Waals surface area contributed by atoms with E-state index in [0.29, 0.717) is 43.1 Å². The van der Waals surface area contributed by atoms with E-state index in [1.165, 1.54) is 24.5 Å². The van der Waals surface area contributed by atoms with Crippen LogP contribution in [0.2, 0.25) is 0 Å². The third kappa shape index (κ3) is 4.85. The standard InChI is InChI=1S/C25H26F2N2O4/c1-31-22-9-8-18(15-24(22)32-2)29(25(30)23-7-4-14-33-23)17-10-12-28(13-11-17)16-19-20(26)5-3-6-21(19)27/h3-9,14-15,17H,10-13,16H2,1-2H3. The molecule has 4 rings (SSSR count). The van der Waals surface area contributed by atoms with Gasteiger partial charge >= 0.3 is 0 Å². The number of rotatable bonds is 7. The number of amides is 1. The summed E-state index contributed by atoms with van der Waals surface area (Å²) in [5, 5.41) is 0. The van der Waals surface area contributed by atoms with Crippen LogP contribution in [0.3, 0.4) is 0 Å². The van der Waals surface area contributed by atoms with Crippen LogP contribution in [0.25, 0.3) is 0 Å². The van der Waals surface area contributed by atoms with Crippen molar-refractivity contribution in [2.45, 2.75) is 25.4 Å². The summed E-state index contributed by atoms with van der Waals surface area (Å²) in [5.74, 6) is -0.0336. The summed E-state index contributed by atoms with van der Waals surface area (Å²) in [6.07, 6.45) is 2.74. The first-order valence-corrected chi connectivity index (χ1v) is 10.8. The Bertz CT molecular complexity index is 1080. The first kappa shape index (κ1) is 22.8. The van der Waals surface area contributed by atoms with E-state index in [0.717, 1.165) is 0 Å². The molecule has 0 bridgehead atoms. The number of hydrogen-bond donors (Lipinski definition) is 0. The minimum Gasteiger partial charge on any atom is -0.493 e. The van der Waals surface area contributed by atoms with Gasteiger partial charge in [0.2, 0.25) is 0 Å². The highest BCUT2D eigenvalue weighted by Gasteiger charge is 2.32. The normalized spacial score (nSPS) is 14.8. The molecule has 6 nitrogen and oxygen atoms in total. The summed E-state index contributed by atoms with van der Waals surface area (Å²) >= 11 is 0. The van der Waals surface area contributed by atoms with Crippen LogP contribution in [0.1, 0.15) is 29.0 Å². The van der Waals surface area contributed by atoms with E-state index in [2.05, 4.69) is 0 Å². The molecule has 1 fully saturated rings. The Kier molecular flexibility index (Phi) is 6.93. The van der Waals surface area contributed by atoms with Gasteiger partial charge < -0.3 is 18.8 Å². The van der Waals surface area contributed by atoms with Crippen molar-refractivity contribution in [3.8, 4) is 11.5 Å². The first-order valence-electron chi connectivity index (χ1n) is 10.8. The fraction of sp³-hybridized carbons (Fsp3) is 0.320. The maximum Gasteiger partial charge on any atom is 0.294 e. The molecule has 33 heavy (non-hydrogen) atoms. The lowest BCUT2D eigenvalue weighted by atomic mass is 10.0. The van der Waals surface area contributed by atoms with E-state index in [1.807, 2.05) is 11.0 Å². The molecule has 0 aliphatic carbocycles. The molecule has 8 heteroatoms. The number of carbonyl (C=O) groups excluding carboxylic acids is 1. The summed E-state index contributed by atoms with van der Waals surface area (Å²) in [4.78, 5) is 17.1. The molecule has 1 aliphatic rings. The predicted octanol–water partition coefficient (Wildman–Crippen LogP) is 4.89. The molecule has 3 aromatic rings. The fourth-order valence-corrected chi connectivity index (χ4v) is 4.23. The average Bonchev–Trinajstić information content (AvgIpc) is 3.37. The highest BCUT2D eigenvalue weighted by atomic mass is 19.1. The Hall–Kier alpha value is -3.39. The predicted molar refractivity (Wildman–Crippen MR) is 120 cm³/mol. The second-order valence-corrected chi connectivity index (χ2v) is 7.90. The number of carbonyl (C=O) groups is 1. The van der Waals surface area contributed by atoms with Crippen LogP contribution >= 0.6 is 0 Å². The number of methoxy groups -OCH3 is 2. The van der Waals surface area contributed by atoms with Crippen molar-refractivity contribution in [1.82, 2.24) is 4.90 Å². The largest absolute Gasteiger partial charge is 0.493 e. The van der Waals surface area contributed by atoms with Gasteiger partial charge in [-0.3, -0.25) is 9.69 Å². The van der Waals surface area contributed by atoms with Crippen LogP contribution < -0.4 is 14.4 Å². The van der Waals surface area contributed by atoms with Gasteiger partial charge in [-0.2, -0.15) is 0 Å². The Morgan fingerprint density at radius 2 is 1.73 bits per heavy atom. The van der Waals surface area contributed by atoms with E-state index < -0.39 is 11.6 Å². The SMILES string of the molecule is COc1ccc(N(C(=O)c2ccco2)C2CCN(Cc3c(F)cccc3F)CC2)cc1OC. The number of furan rings is 1. The van der Waals surface area contributed by atoms with Crippen molar-refractivity contribution < 1.29 is 27.5 Å². The Labute approximate surface area is 191 Å². The summed E-state index contributed by atoms with van der Waals surface area (Å²) < 4.78 is 44.3. The minimum absolute atomic E-state index is 0.0689. The van der Waals surface area contributed by atoms with Crippen LogP contribution in [0.5, 0.6) is 11.5 Å². The lowest BCUT2D eigenvalue weighted by Crippen LogP contribution is -2.47. The van der Waals surface area contributed by atoms with Crippen LogP contribution in [0, 0.1) is 11.6 Å². The number of nitrogens with zero attached hydrogens (tertiary/aromatic N) is 2. The summed E-state index contributed by atoms with van der Waals surface area (Å²) in [5.41, 5.74) is 0.729. The number of likely N-dealkylation sites (tertiary alicyclic amines) is 1. The monoisotopic (exact) mass is 456 g/mol. The molecule has 174 valence electrons. The van der Waals surface area contributed by atoms with Gasteiger partial charge in [-0.05, 0) is 49.2 Å². The lowest BCUT2D eigenvalue weighted by molar-refractivity contribution is 0.0931. The average molecular weight is 456 g/mol. The third-order valence-corrected chi connectivity index (χ3v) is 5.96. The van der Waals surface area contributed by atoms with E-state index >= 15 is 0 Å². The number of hydrogen-bond acceptors (Lipinski definition) is 5. The summed E-state index contributed by atoms with van der Waals surface area (Å²) in [6, 6.07) is 12.4. The van der Waals surface area contributed by atoms with Crippen molar-refractivity contribution in [3.05, 3.63) is 77.8 Å². The topological polar surface area (TPSA) is 55.2 Å². The zero-order chi connectivity index (χ0) is 23.4. The molecule has 0 N–H and O–H groups in total. The van der Waals surface area contributed by atoms with Crippen LogP contribution in [-0.2, 0) is 6.54 Å². The van der Waals surface area contributed by atoms with E-state index in [1.54, 1.807) is 43.4 Å². The third-order valence-electron chi connectivity index (χ3n) is 5.96. The number of ether oxygens (including phenoxy) is 2. The molecule has 0 atom stereocenters. The van der Waals surface area contributed by atoms with Crippen molar-refractivity contribution in [3.63, 3.8) is 0 Å². The molecule has 1 aliphatic heterocycles. The smallest absolute Gasteiger partial charge is 0.294 e. The van der Waals surface area contributed by atoms with Gasteiger partial charge in [0.1, 0.15) is 11.6 Å². The molecule has 0 unspecified atom stereocenters. The molecule has 0 spiro atoms. The molecular formula is C25H26F2N2O4. The highest BCUT2D eigenvalue weighted by molar-refractivity contribution is 6.04. The summed E-state index contributed by atoms with van der Waals surface area (Å²) in [7, 11) is 3.10. The molecular weight excluding hydrogens is 430 g/mol. The van der Waals surface area contributed by atoms with Crippen molar-refractivity contribution in [2.24, 2.45) is 0 Å². The number of anilines is 1. The molecule has 1 amide bonds. The van der Waals surface area contributed by atoms with Gasteiger partial charge in [0, 0.05) is 43.0 Å². The number of piperidine rings is 1. The number of halogens is 2. The first-order chi connectivity index (χ1) is 16.0. The van der Waals surface area contributed by atoms with Crippen molar-refractivity contribution in [2.75, 3.05) is 32.2 Å². The van der Waals surface area contributed by atoms with E-state index in [4.69, 9.17) is 13.9 Å². The maximum atomic E-state index is 14.1. The number of benzene rings is 2. The molecule has 0 saturated carbocycles. The van der Waals surface area contributed by atoms with Gasteiger partial charge in [-0.15, -0.1) is 0 Å². The van der Waals surface area contributed by atoms with Gasteiger partial charge in [0.25, 0.3) is 5.91 Å². The van der Waals surface area contributed by atoms with Crippen molar-refractivity contribution in [1.29, 1.82) is 0 Å². The van der Waals surface area contributed by atoms with Gasteiger partial charge in [-0.1, -0.05) is 6.07 Å². The molecule has 1 aromatic heterocycles. The van der Waals surface area contributed by atoms with Crippen LogP contribution in [0.4, 0.5) is 14.5 Å². The van der Waals surface area contributed by atoms with Gasteiger partial charge in [0.05, 0.1) is 20.5 Å². The highest BCUT2D eigenvalue weighted by Crippen LogP contribution is 2.34.